The molecule has 82 valence electrons. The molecule has 0 aromatic carbocycles. The molecule has 0 aliphatic rings. The second-order valence-corrected chi connectivity index (χ2v) is 3.41. The highest BCUT2D eigenvalue weighted by molar-refractivity contribution is 5.86. The first-order valence-electron chi connectivity index (χ1n) is 5.36. The van der Waals surface area contributed by atoms with Crippen molar-refractivity contribution >= 4 is 11.7 Å². The minimum absolute atomic E-state index is 0.0888. The number of hydrazone groups is 1. The van der Waals surface area contributed by atoms with Gasteiger partial charge in [0.05, 0.1) is 0 Å². The average molecular weight is 198 g/mol. The molecular formula is C10H22N4. The molecule has 0 spiro atoms. The van der Waals surface area contributed by atoms with Gasteiger partial charge in [-0.15, -0.1) is 0 Å². The number of nitrogens with zero attached hydrogens (tertiary/aromatic N) is 1. The van der Waals surface area contributed by atoms with E-state index in [2.05, 4.69) is 24.4 Å². The topological polar surface area (TPSA) is 74.3 Å². The van der Waals surface area contributed by atoms with Crippen LogP contribution in [-0.4, -0.2) is 11.7 Å². The SMILES string of the molecule is CCCCC/C(CCC)=N/NC(=N)N. The third-order valence-electron chi connectivity index (χ3n) is 1.94. The van der Waals surface area contributed by atoms with Gasteiger partial charge in [0.2, 0.25) is 5.96 Å². The number of unbranched alkanes of at least 4 members (excludes halogenated alkanes) is 2. The Morgan fingerprint density at radius 1 is 1.21 bits per heavy atom. The molecule has 0 aromatic rings. The van der Waals surface area contributed by atoms with Gasteiger partial charge < -0.3 is 5.73 Å². The summed E-state index contributed by atoms with van der Waals surface area (Å²) in [5.74, 6) is -0.0888. The third-order valence-corrected chi connectivity index (χ3v) is 1.94. The smallest absolute Gasteiger partial charge is 0.206 e. The predicted molar refractivity (Wildman–Crippen MR) is 61.5 cm³/mol. The first kappa shape index (κ1) is 12.9. The largest absolute Gasteiger partial charge is 0.369 e. The molecule has 0 heterocycles. The van der Waals surface area contributed by atoms with E-state index in [1.54, 1.807) is 0 Å². The molecule has 4 nitrogen and oxygen atoms in total. The van der Waals surface area contributed by atoms with Crippen LogP contribution in [0.4, 0.5) is 0 Å². The van der Waals surface area contributed by atoms with Crippen molar-refractivity contribution in [3.8, 4) is 0 Å². The first-order chi connectivity index (χ1) is 6.70. The van der Waals surface area contributed by atoms with Crippen molar-refractivity contribution in [3.05, 3.63) is 0 Å². The second kappa shape index (κ2) is 8.53. The van der Waals surface area contributed by atoms with Crippen LogP contribution in [0.15, 0.2) is 5.10 Å². The maximum atomic E-state index is 6.99. The zero-order valence-corrected chi connectivity index (χ0v) is 9.27. The van der Waals surface area contributed by atoms with E-state index in [-0.39, 0.29) is 5.96 Å². The van der Waals surface area contributed by atoms with Gasteiger partial charge in [0.1, 0.15) is 0 Å². The Balaban J connectivity index is 3.86. The quantitative estimate of drug-likeness (QED) is 0.254. The van der Waals surface area contributed by atoms with Crippen LogP contribution < -0.4 is 11.2 Å². The summed E-state index contributed by atoms with van der Waals surface area (Å²) in [5.41, 5.74) is 8.78. The lowest BCUT2D eigenvalue weighted by Crippen LogP contribution is -2.26. The van der Waals surface area contributed by atoms with Crippen molar-refractivity contribution in [1.82, 2.24) is 5.43 Å². The highest BCUT2D eigenvalue weighted by Crippen LogP contribution is 2.04. The van der Waals surface area contributed by atoms with Gasteiger partial charge in [-0.25, -0.2) is 5.43 Å². The Hall–Kier alpha value is -1.06. The maximum Gasteiger partial charge on any atom is 0.206 e. The molecule has 0 radical (unpaired) electrons. The van der Waals surface area contributed by atoms with Gasteiger partial charge in [0, 0.05) is 5.71 Å². The van der Waals surface area contributed by atoms with Gasteiger partial charge in [-0.05, 0) is 19.3 Å². The molecule has 4 heteroatoms. The summed E-state index contributed by atoms with van der Waals surface area (Å²) in [5, 5.41) is 11.1. The lowest BCUT2D eigenvalue weighted by Gasteiger charge is -2.05. The number of guanidine groups is 1. The molecular weight excluding hydrogens is 176 g/mol. The van der Waals surface area contributed by atoms with E-state index in [9.17, 15) is 0 Å². The molecule has 0 atom stereocenters. The van der Waals surface area contributed by atoms with Crippen molar-refractivity contribution in [3.63, 3.8) is 0 Å². The second-order valence-electron chi connectivity index (χ2n) is 3.41. The summed E-state index contributed by atoms with van der Waals surface area (Å²) in [6.45, 7) is 4.31. The summed E-state index contributed by atoms with van der Waals surface area (Å²) >= 11 is 0. The fraction of sp³-hybridized carbons (Fsp3) is 0.800. The zero-order chi connectivity index (χ0) is 10.8. The number of nitrogens with one attached hydrogen (secondary N) is 2. The van der Waals surface area contributed by atoms with Gasteiger partial charge in [0.25, 0.3) is 0 Å². The fourth-order valence-corrected chi connectivity index (χ4v) is 1.24. The summed E-state index contributed by atoms with van der Waals surface area (Å²) < 4.78 is 0. The summed E-state index contributed by atoms with van der Waals surface area (Å²) in [7, 11) is 0. The Bertz CT molecular complexity index is 187. The summed E-state index contributed by atoms with van der Waals surface area (Å²) in [6, 6.07) is 0. The Labute approximate surface area is 86.5 Å². The molecule has 14 heavy (non-hydrogen) atoms. The lowest BCUT2D eigenvalue weighted by molar-refractivity contribution is 0.730. The van der Waals surface area contributed by atoms with Crippen LogP contribution in [0.25, 0.3) is 0 Å². The van der Waals surface area contributed by atoms with Gasteiger partial charge in [-0.3, -0.25) is 5.41 Å². The molecule has 0 aliphatic carbocycles. The summed E-state index contributed by atoms with van der Waals surface area (Å²) in [6.07, 6.45) is 6.73. The molecule has 0 aromatic heterocycles. The standard InChI is InChI=1S/C10H22N4/c1-3-5-6-8-9(7-4-2)13-14-10(11)12/h3-8H2,1-2H3,(H4,11,12,14)/b13-9+. The van der Waals surface area contributed by atoms with E-state index in [4.69, 9.17) is 11.1 Å². The van der Waals surface area contributed by atoms with Gasteiger partial charge in [0.15, 0.2) is 0 Å². The van der Waals surface area contributed by atoms with Crippen LogP contribution in [0.5, 0.6) is 0 Å². The number of nitrogens with two attached hydrogens (primary N) is 1. The highest BCUT2D eigenvalue weighted by Gasteiger charge is 1.98. The maximum absolute atomic E-state index is 6.99. The molecule has 0 fully saturated rings. The van der Waals surface area contributed by atoms with Crippen molar-refractivity contribution in [1.29, 1.82) is 5.41 Å². The molecule has 0 unspecified atom stereocenters. The monoisotopic (exact) mass is 198 g/mol. The molecule has 0 aliphatic heterocycles. The summed E-state index contributed by atoms with van der Waals surface area (Å²) in [4.78, 5) is 0. The molecule has 0 saturated heterocycles. The Morgan fingerprint density at radius 3 is 2.43 bits per heavy atom. The van der Waals surface area contributed by atoms with Crippen LogP contribution in [-0.2, 0) is 0 Å². The Kier molecular flexibility index (Phi) is 7.89. The van der Waals surface area contributed by atoms with E-state index in [1.807, 2.05) is 0 Å². The van der Waals surface area contributed by atoms with E-state index in [1.165, 1.54) is 19.3 Å². The van der Waals surface area contributed by atoms with Crippen LogP contribution >= 0.6 is 0 Å². The van der Waals surface area contributed by atoms with Crippen molar-refractivity contribution in [2.75, 3.05) is 0 Å². The third kappa shape index (κ3) is 7.58. The number of hydrogen-bond donors (Lipinski definition) is 3. The minimum Gasteiger partial charge on any atom is -0.369 e. The lowest BCUT2D eigenvalue weighted by atomic mass is 10.1. The fourth-order valence-electron chi connectivity index (χ4n) is 1.24. The van der Waals surface area contributed by atoms with Crippen molar-refractivity contribution in [2.24, 2.45) is 10.8 Å². The van der Waals surface area contributed by atoms with Crippen LogP contribution in [0.2, 0.25) is 0 Å². The highest BCUT2D eigenvalue weighted by atomic mass is 15.3. The van der Waals surface area contributed by atoms with Crippen molar-refractivity contribution in [2.45, 2.75) is 52.4 Å². The first-order valence-corrected chi connectivity index (χ1v) is 5.36. The van der Waals surface area contributed by atoms with Crippen molar-refractivity contribution < 1.29 is 0 Å². The molecule has 0 saturated carbocycles. The van der Waals surface area contributed by atoms with Crippen LogP contribution in [0.1, 0.15) is 52.4 Å². The Morgan fingerprint density at radius 2 is 1.93 bits per heavy atom. The van der Waals surface area contributed by atoms with Crippen LogP contribution in [0, 0.1) is 5.41 Å². The van der Waals surface area contributed by atoms with E-state index in [0.29, 0.717) is 0 Å². The van der Waals surface area contributed by atoms with E-state index >= 15 is 0 Å². The number of hydrogen-bond acceptors (Lipinski definition) is 2. The van der Waals surface area contributed by atoms with E-state index in [0.717, 1.165) is 25.0 Å². The van der Waals surface area contributed by atoms with Gasteiger partial charge in [-0.2, -0.15) is 5.10 Å². The number of rotatable bonds is 7. The van der Waals surface area contributed by atoms with Crippen LogP contribution in [0.3, 0.4) is 0 Å². The van der Waals surface area contributed by atoms with Gasteiger partial charge in [-0.1, -0.05) is 33.1 Å². The molecule has 0 rings (SSSR count). The minimum atomic E-state index is -0.0888. The molecule has 0 amide bonds. The zero-order valence-electron chi connectivity index (χ0n) is 9.27. The van der Waals surface area contributed by atoms with Gasteiger partial charge >= 0.3 is 0 Å². The molecule has 0 bridgehead atoms. The van der Waals surface area contributed by atoms with E-state index < -0.39 is 0 Å². The molecule has 4 N–H and O–H groups in total. The predicted octanol–water partition coefficient (Wildman–Crippen LogP) is 2.21. The normalized spacial score (nSPS) is 11.4. The average Bonchev–Trinajstić information content (AvgIpc) is 2.14.